The zero-order chi connectivity index (χ0) is 14.0. The molecule has 0 saturated carbocycles. The van der Waals surface area contributed by atoms with Gasteiger partial charge in [-0.3, -0.25) is 0 Å². The Kier molecular flexibility index (Phi) is 4.10. The van der Waals surface area contributed by atoms with Gasteiger partial charge in [-0.05, 0) is 30.5 Å². The van der Waals surface area contributed by atoms with Gasteiger partial charge in [0.1, 0.15) is 11.5 Å². The molecule has 104 valence electrons. The summed E-state index contributed by atoms with van der Waals surface area (Å²) in [5.74, 6) is 1.33. The molecule has 1 N–H and O–H groups in total. The second kappa shape index (κ2) is 5.46. The standard InChI is InChI=1S/C12H15NO4S2/c1-9-3-4-10(17-9)7-13(2)19(15,16)12-5-6-18-11(12)8-14/h3-6,14H,7-8H2,1-2H3. The number of hydrogen-bond acceptors (Lipinski definition) is 5. The van der Waals surface area contributed by atoms with E-state index in [-0.39, 0.29) is 18.0 Å². The minimum Gasteiger partial charge on any atom is -0.465 e. The van der Waals surface area contributed by atoms with Gasteiger partial charge in [0.2, 0.25) is 10.0 Å². The molecular weight excluding hydrogens is 286 g/mol. The smallest absolute Gasteiger partial charge is 0.244 e. The lowest BCUT2D eigenvalue weighted by Crippen LogP contribution is -2.26. The van der Waals surface area contributed by atoms with E-state index in [1.807, 2.05) is 0 Å². The summed E-state index contributed by atoms with van der Waals surface area (Å²) < 4.78 is 31.3. The minimum absolute atomic E-state index is 0.158. The minimum atomic E-state index is -3.60. The van der Waals surface area contributed by atoms with Gasteiger partial charge in [0.25, 0.3) is 0 Å². The number of furan rings is 1. The molecule has 2 aromatic rings. The summed E-state index contributed by atoms with van der Waals surface area (Å²) in [6.07, 6.45) is 0. The van der Waals surface area contributed by atoms with Crippen molar-refractivity contribution >= 4 is 21.4 Å². The number of nitrogens with zero attached hydrogens (tertiary/aromatic N) is 1. The van der Waals surface area contributed by atoms with E-state index in [9.17, 15) is 8.42 Å². The molecule has 0 unspecified atom stereocenters. The van der Waals surface area contributed by atoms with Gasteiger partial charge in [-0.2, -0.15) is 4.31 Å². The summed E-state index contributed by atoms with van der Waals surface area (Å²) in [7, 11) is -2.11. The highest BCUT2D eigenvalue weighted by Crippen LogP contribution is 2.25. The van der Waals surface area contributed by atoms with Crippen molar-refractivity contribution in [2.24, 2.45) is 0 Å². The van der Waals surface area contributed by atoms with Crippen LogP contribution in [0.1, 0.15) is 16.4 Å². The average molecular weight is 301 g/mol. The van der Waals surface area contributed by atoms with Gasteiger partial charge >= 0.3 is 0 Å². The Morgan fingerprint density at radius 2 is 2.11 bits per heavy atom. The van der Waals surface area contributed by atoms with Crippen LogP contribution < -0.4 is 0 Å². The number of aryl methyl sites for hydroxylation is 1. The molecule has 0 aliphatic rings. The fourth-order valence-electron chi connectivity index (χ4n) is 1.72. The molecule has 7 heteroatoms. The monoisotopic (exact) mass is 301 g/mol. The SMILES string of the molecule is Cc1ccc(CN(C)S(=O)(=O)c2ccsc2CO)o1. The molecule has 5 nitrogen and oxygen atoms in total. The lowest BCUT2D eigenvalue weighted by atomic mass is 10.4. The van der Waals surface area contributed by atoms with Gasteiger partial charge in [0, 0.05) is 11.9 Å². The molecule has 0 aromatic carbocycles. The normalized spacial score (nSPS) is 12.2. The van der Waals surface area contributed by atoms with Gasteiger partial charge < -0.3 is 9.52 Å². The van der Waals surface area contributed by atoms with E-state index in [0.29, 0.717) is 10.6 Å². The van der Waals surface area contributed by atoms with Crippen molar-refractivity contribution in [2.75, 3.05) is 7.05 Å². The van der Waals surface area contributed by atoms with Crippen molar-refractivity contribution in [3.05, 3.63) is 40.0 Å². The Morgan fingerprint density at radius 1 is 1.37 bits per heavy atom. The number of aliphatic hydroxyl groups is 1. The number of thiophene rings is 1. The molecule has 0 spiro atoms. The van der Waals surface area contributed by atoms with Gasteiger partial charge in [-0.25, -0.2) is 8.42 Å². The molecule has 2 heterocycles. The summed E-state index contributed by atoms with van der Waals surface area (Å²) >= 11 is 1.22. The van der Waals surface area contributed by atoms with E-state index >= 15 is 0 Å². The molecule has 2 aromatic heterocycles. The lowest BCUT2D eigenvalue weighted by Gasteiger charge is -2.15. The first-order chi connectivity index (χ1) is 8.95. The summed E-state index contributed by atoms with van der Waals surface area (Å²) in [6, 6.07) is 5.05. The van der Waals surface area contributed by atoms with Crippen molar-refractivity contribution in [2.45, 2.75) is 25.0 Å². The zero-order valence-electron chi connectivity index (χ0n) is 10.7. The van der Waals surface area contributed by atoms with Crippen LogP contribution >= 0.6 is 11.3 Å². The Bertz CT molecular complexity index is 657. The van der Waals surface area contributed by atoms with Crippen molar-refractivity contribution in [1.29, 1.82) is 0 Å². The van der Waals surface area contributed by atoms with Crippen molar-refractivity contribution in [1.82, 2.24) is 4.31 Å². The van der Waals surface area contributed by atoms with Crippen LogP contribution in [0.2, 0.25) is 0 Å². The lowest BCUT2D eigenvalue weighted by molar-refractivity contribution is 0.282. The quantitative estimate of drug-likeness (QED) is 0.916. The molecule has 19 heavy (non-hydrogen) atoms. The molecule has 0 bridgehead atoms. The van der Waals surface area contributed by atoms with Crippen LogP contribution in [0.4, 0.5) is 0 Å². The largest absolute Gasteiger partial charge is 0.465 e. The molecule has 0 atom stereocenters. The highest BCUT2D eigenvalue weighted by Gasteiger charge is 2.25. The van der Waals surface area contributed by atoms with E-state index in [1.165, 1.54) is 28.8 Å². The fourth-order valence-corrected chi connectivity index (χ4v) is 4.12. The molecule has 0 saturated heterocycles. The average Bonchev–Trinajstić information content (AvgIpc) is 2.97. The van der Waals surface area contributed by atoms with E-state index in [4.69, 9.17) is 9.52 Å². The van der Waals surface area contributed by atoms with Gasteiger partial charge in [0.15, 0.2) is 0 Å². The number of aliphatic hydroxyl groups excluding tert-OH is 1. The van der Waals surface area contributed by atoms with E-state index < -0.39 is 10.0 Å². The van der Waals surface area contributed by atoms with E-state index in [2.05, 4.69) is 0 Å². The molecule has 0 amide bonds. The van der Waals surface area contributed by atoms with Crippen molar-refractivity contribution < 1.29 is 17.9 Å². The van der Waals surface area contributed by atoms with Gasteiger partial charge in [-0.1, -0.05) is 0 Å². The van der Waals surface area contributed by atoms with Crippen molar-refractivity contribution in [3.63, 3.8) is 0 Å². The summed E-state index contributed by atoms with van der Waals surface area (Å²) in [5.41, 5.74) is 0. The maximum Gasteiger partial charge on any atom is 0.244 e. The summed E-state index contributed by atoms with van der Waals surface area (Å²) in [4.78, 5) is 0.605. The van der Waals surface area contributed by atoms with Crippen LogP contribution in [0, 0.1) is 6.92 Å². The first kappa shape index (κ1) is 14.3. The second-order valence-corrected chi connectivity index (χ2v) is 7.15. The first-order valence-electron chi connectivity index (χ1n) is 5.64. The predicted octanol–water partition coefficient (Wildman–Crippen LogP) is 1.96. The fraction of sp³-hybridized carbons (Fsp3) is 0.333. The summed E-state index contributed by atoms with van der Waals surface area (Å²) in [6.45, 7) is 1.69. The van der Waals surface area contributed by atoms with Gasteiger partial charge in [0.05, 0.1) is 18.0 Å². The number of hydrogen-bond donors (Lipinski definition) is 1. The molecule has 0 fully saturated rings. The van der Waals surface area contributed by atoms with Crippen LogP contribution in [-0.2, 0) is 23.2 Å². The van der Waals surface area contributed by atoms with Crippen molar-refractivity contribution in [3.8, 4) is 0 Å². The predicted molar refractivity (Wildman–Crippen MR) is 72.3 cm³/mol. The van der Waals surface area contributed by atoms with Gasteiger partial charge in [-0.15, -0.1) is 11.3 Å². The van der Waals surface area contributed by atoms with Crippen LogP contribution in [0.3, 0.4) is 0 Å². The summed E-state index contributed by atoms with van der Waals surface area (Å²) in [5, 5.41) is 10.8. The maximum atomic E-state index is 12.4. The Balaban J connectivity index is 2.24. The van der Waals surface area contributed by atoms with Crippen LogP contribution in [0.5, 0.6) is 0 Å². The van der Waals surface area contributed by atoms with Crippen LogP contribution in [0.25, 0.3) is 0 Å². The number of rotatable bonds is 5. The molecule has 0 radical (unpaired) electrons. The van der Waals surface area contributed by atoms with Crippen LogP contribution in [0.15, 0.2) is 32.9 Å². The second-order valence-electron chi connectivity index (χ2n) is 4.14. The van der Waals surface area contributed by atoms with E-state index in [0.717, 1.165) is 5.76 Å². The topological polar surface area (TPSA) is 70.8 Å². The Morgan fingerprint density at radius 3 is 2.68 bits per heavy atom. The number of sulfonamides is 1. The highest BCUT2D eigenvalue weighted by molar-refractivity contribution is 7.89. The first-order valence-corrected chi connectivity index (χ1v) is 7.96. The molecule has 0 aliphatic carbocycles. The third-order valence-electron chi connectivity index (χ3n) is 2.71. The Hall–Kier alpha value is -1.15. The highest BCUT2D eigenvalue weighted by atomic mass is 32.2. The Labute approximate surface area is 116 Å². The third kappa shape index (κ3) is 2.89. The van der Waals surface area contributed by atoms with Crippen LogP contribution in [-0.4, -0.2) is 24.9 Å². The zero-order valence-corrected chi connectivity index (χ0v) is 12.3. The molecule has 0 aliphatic heterocycles. The molecular formula is C12H15NO4S2. The van der Waals surface area contributed by atoms with E-state index in [1.54, 1.807) is 24.4 Å². The maximum absolute atomic E-state index is 12.4. The third-order valence-corrected chi connectivity index (χ3v) is 5.63. The molecule has 2 rings (SSSR count).